The lowest BCUT2D eigenvalue weighted by atomic mass is 9.97. The molecule has 0 aliphatic rings. The Morgan fingerprint density at radius 2 is 1.81 bits per heavy atom. The van der Waals surface area contributed by atoms with Crippen LogP contribution in [-0.4, -0.2) is 16.9 Å². The Morgan fingerprint density at radius 1 is 1.25 bits per heavy atom. The van der Waals surface area contributed by atoms with Crippen LogP contribution in [-0.2, 0) is 4.79 Å². The third-order valence-electron chi connectivity index (χ3n) is 2.16. The summed E-state index contributed by atoms with van der Waals surface area (Å²) in [6.45, 7) is 3.32. The zero-order valence-corrected chi connectivity index (χ0v) is 8.75. The van der Waals surface area contributed by atoms with Crippen LogP contribution in [0.2, 0.25) is 0 Å². The molecular weight excluding hydrogens is 218 g/mol. The molecule has 0 amide bonds. The highest BCUT2D eigenvalue weighted by Gasteiger charge is 2.25. The summed E-state index contributed by atoms with van der Waals surface area (Å²) in [5.74, 6) is -5.96. The molecule has 0 bridgehead atoms. The maximum absolute atomic E-state index is 13.7. The number of aliphatic carboxylic acids is 1. The summed E-state index contributed by atoms with van der Waals surface area (Å²) in [6.07, 6.45) is 0. The van der Waals surface area contributed by atoms with Crippen LogP contribution in [0.15, 0.2) is 12.1 Å². The molecule has 1 N–H and O–H groups in total. The van der Waals surface area contributed by atoms with Gasteiger partial charge in [-0.3, -0.25) is 4.79 Å². The predicted octanol–water partition coefficient (Wildman–Crippen LogP) is 2.36. The molecule has 86 valence electrons. The maximum Gasteiger partial charge on any atom is 0.377 e. The van der Waals surface area contributed by atoms with Crippen molar-refractivity contribution in [2.75, 3.05) is 0 Å². The van der Waals surface area contributed by atoms with E-state index < -0.39 is 29.0 Å². The van der Waals surface area contributed by atoms with Crippen LogP contribution in [0, 0.1) is 11.6 Å². The molecule has 0 aliphatic heterocycles. The smallest absolute Gasteiger partial charge is 0.377 e. The molecule has 0 unspecified atom stereocenters. The van der Waals surface area contributed by atoms with Crippen LogP contribution in [0.3, 0.4) is 0 Å². The number of Topliss-reactive ketones (excluding diaryl/α,β-unsaturated/α-hetero) is 1. The van der Waals surface area contributed by atoms with Gasteiger partial charge in [-0.2, -0.15) is 0 Å². The van der Waals surface area contributed by atoms with E-state index in [4.69, 9.17) is 5.11 Å². The maximum atomic E-state index is 13.7. The molecule has 0 heterocycles. The molecule has 1 rings (SSSR count). The lowest BCUT2D eigenvalue weighted by Crippen LogP contribution is -2.17. The summed E-state index contributed by atoms with van der Waals surface area (Å²) in [5, 5.41) is 8.43. The number of benzene rings is 1. The molecule has 16 heavy (non-hydrogen) atoms. The molecule has 0 fully saturated rings. The van der Waals surface area contributed by atoms with E-state index in [-0.39, 0.29) is 11.5 Å². The third-order valence-corrected chi connectivity index (χ3v) is 2.16. The average Bonchev–Trinajstić information content (AvgIpc) is 2.16. The number of carboxylic acid groups (broad SMARTS) is 1. The van der Waals surface area contributed by atoms with Gasteiger partial charge in [0, 0.05) is 0 Å². The van der Waals surface area contributed by atoms with E-state index in [1.54, 1.807) is 13.8 Å². The first kappa shape index (κ1) is 12.3. The van der Waals surface area contributed by atoms with E-state index in [2.05, 4.69) is 0 Å². The third kappa shape index (κ3) is 2.08. The molecule has 5 heteroatoms. The molecule has 3 nitrogen and oxygen atoms in total. The normalized spacial score (nSPS) is 10.6. The molecule has 0 saturated heterocycles. The molecule has 1 aromatic carbocycles. The number of halogens is 2. The summed E-state index contributed by atoms with van der Waals surface area (Å²) < 4.78 is 26.9. The van der Waals surface area contributed by atoms with Crippen molar-refractivity contribution in [3.63, 3.8) is 0 Å². The lowest BCUT2D eigenvalue weighted by Gasteiger charge is -2.09. The van der Waals surface area contributed by atoms with Gasteiger partial charge in [0.25, 0.3) is 5.78 Å². The Kier molecular flexibility index (Phi) is 3.37. The van der Waals surface area contributed by atoms with Gasteiger partial charge in [-0.1, -0.05) is 19.9 Å². The van der Waals surface area contributed by atoms with E-state index in [1.165, 1.54) is 6.07 Å². The fourth-order valence-electron chi connectivity index (χ4n) is 1.33. The first-order valence-electron chi connectivity index (χ1n) is 4.61. The van der Waals surface area contributed by atoms with Crippen LogP contribution < -0.4 is 0 Å². The van der Waals surface area contributed by atoms with Gasteiger partial charge in [0.1, 0.15) is 17.2 Å². The highest BCUT2D eigenvalue weighted by Crippen LogP contribution is 2.23. The molecule has 0 radical (unpaired) electrons. The second kappa shape index (κ2) is 4.38. The molecule has 0 aromatic heterocycles. The summed E-state index contributed by atoms with van der Waals surface area (Å²) in [6, 6.07) is 2.10. The summed E-state index contributed by atoms with van der Waals surface area (Å²) >= 11 is 0. The Bertz CT molecular complexity index is 453. The fourth-order valence-corrected chi connectivity index (χ4v) is 1.33. The van der Waals surface area contributed by atoms with Gasteiger partial charge in [0.2, 0.25) is 0 Å². The van der Waals surface area contributed by atoms with Gasteiger partial charge < -0.3 is 5.11 Å². The van der Waals surface area contributed by atoms with Crippen molar-refractivity contribution in [2.45, 2.75) is 19.8 Å². The van der Waals surface area contributed by atoms with E-state index in [0.29, 0.717) is 0 Å². The number of hydrogen-bond donors (Lipinski definition) is 1. The van der Waals surface area contributed by atoms with Crippen molar-refractivity contribution in [1.29, 1.82) is 0 Å². The highest BCUT2D eigenvalue weighted by atomic mass is 19.1. The summed E-state index contributed by atoms with van der Waals surface area (Å²) in [4.78, 5) is 21.5. The van der Waals surface area contributed by atoms with Crippen LogP contribution in [0.25, 0.3) is 0 Å². The number of carbonyl (C=O) groups excluding carboxylic acids is 1. The molecule has 0 atom stereocenters. The first-order chi connectivity index (χ1) is 7.36. The minimum Gasteiger partial charge on any atom is -0.475 e. The second-order valence-electron chi connectivity index (χ2n) is 3.61. The van der Waals surface area contributed by atoms with E-state index in [1.807, 2.05) is 0 Å². The average molecular weight is 228 g/mol. The monoisotopic (exact) mass is 228 g/mol. The van der Waals surface area contributed by atoms with Gasteiger partial charge in [-0.05, 0) is 17.5 Å². The Morgan fingerprint density at radius 3 is 2.25 bits per heavy atom. The number of carbonyl (C=O) groups is 2. The predicted molar refractivity (Wildman–Crippen MR) is 52.4 cm³/mol. The number of rotatable bonds is 3. The Balaban J connectivity index is 3.43. The van der Waals surface area contributed by atoms with Crippen LogP contribution in [0.4, 0.5) is 8.78 Å². The lowest BCUT2D eigenvalue weighted by molar-refractivity contribution is -0.131. The zero-order valence-electron chi connectivity index (χ0n) is 8.75. The Hall–Kier alpha value is -1.78. The molecule has 0 spiro atoms. The summed E-state index contributed by atoms with van der Waals surface area (Å²) in [5.41, 5.74) is -0.885. The SMILES string of the molecule is CC(C)c1ccc(F)c(C(=O)C(=O)O)c1F. The van der Waals surface area contributed by atoms with E-state index in [9.17, 15) is 18.4 Å². The van der Waals surface area contributed by atoms with Gasteiger partial charge in [-0.15, -0.1) is 0 Å². The topological polar surface area (TPSA) is 54.4 Å². The number of hydrogen-bond acceptors (Lipinski definition) is 2. The second-order valence-corrected chi connectivity index (χ2v) is 3.61. The van der Waals surface area contributed by atoms with E-state index >= 15 is 0 Å². The highest BCUT2D eigenvalue weighted by molar-refractivity contribution is 6.40. The van der Waals surface area contributed by atoms with Crippen LogP contribution >= 0.6 is 0 Å². The van der Waals surface area contributed by atoms with Crippen molar-refractivity contribution < 1.29 is 23.5 Å². The molecule has 1 aromatic rings. The largest absolute Gasteiger partial charge is 0.475 e. The minimum atomic E-state index is -1.88. The molecule has 0 aliphatic carbocycles. The van der Waals surface area contributed by atoms with Crippen molar-refractivity contribution in [1.82, 2.24) is 0 Å². The van der Waals surface area contributed by atoms with Crippen LogP contribution in [0.1, 0.15) is 35.7 Å². The van der Waals surface area contributed by atoms with Crippen molar-refractivity contribution in [3.8, 4) is 0 Å². The van der Waals surface area contributed by atoms with Gasteiger partial charge in [-0.25, -0.2) is 13.6 Å². The van der Waals surface area contributed by atoms with Crippen molar-refractivity contribution >= 4 is 11.8 Å². The fraction of sp³-hybridized carbons (Fsp3) is 0.273. The standard InChI is InChI=1S/C11H10F2O3/c1-5(2)6-3-4-7(12)8(9(6)13)10(14)11(15)16/h3-5H,1-2H3,(H,15,16). The van der Waals surface area contributed by atoms with Crippen molar-refractivity contribution in [3.05, 3.63) is 34.9 Å². The molecule has 0 saturated carbocycles. The number of ketones is 1. The quantitative estimate of drug-likeness (QED) is 0.638. The summed E-state index contributed by atoms with van der Waals surface area (Å²) in [7, 11) is 0. The van der Waals surface area contributed by atoms with Crippen LogP contribution in [0.5, 0.6) is 0 Å². The van der Waals surface area contributed by atoms with E-state index in [0.717, 1.165) is 6.07 Å². The Labute approximate surface area is 90.7 Å². The minimum absolute atomic E-state index is 0.117. The molecular formula is C11H10F2O3. The number of carboxylic acids is 1. The van der Waals surface area contributed by atoms with Gasteiger partial charge in [0.15, 0.2) is 0 Å². The van der Waals surface area contributed by atoms with Gasteiger partial charge in [0.05, 0.1) is 0 Å². The first-order valence-corrected chi connectivity index (χ1v) is 4.61. The van der Waals surface area contributed by atoms with Crippen molar-refractivity contribution in [2.24, 2.45) is 0 Å². The zero-order chi connectivity index (χ0) is 12.5. The van der Waals surface area contributed by atoms with Gasteiger partial charge >= 0.3 is 5.97 Å².